The number of para-hydroxylation sites is 1. The van der Waals surface area contributed by atoms with E-state index in [9.17, 15) is 19.5 Å². The van der Waals surface area contributed by atoms with E-state index in [1.54, 1.807) is 42.5 Å². The van der Waals surface area contributed by atoms with Gasteiger partial charge in [0.2, 0.25) is 12.1 Å². The molecule has 0 unspecified atom stereocenters. The van der Waals surface area contributed by atoms with Crippen molar-refractivity contribution < 1.29 is 23.9 Å². The molecule has 1 saturated carbocycles. The summed E-state index contributed by atoms with van der Waals surface area (Å²) in [6.45, 7) is 2.94. The van der Waals surface area contributed by atoms with Crippen molar-refractivity contribution in [1.29, 1.82) is 0 Å². The molecule has 2 saturated heterocycles. The molecule has 10 heteroatoms. The van der Waals surface area contributed by atoms with Crippen LogP contribution in [-0.4, -0.2) is 59.4 Å². The average molecular weight is 584 g/mol. The predicted octanol–water partition coefficient (Wildman–Crippen LogP) is 4.82. The number of phenolic OH excluding ortho intramolecular Hbond substituents is 1. The lowest BCUT2D eigenvalue weighted by Crippen LogP contribution is -2.52. The van der Waals surface area contributed by atoms with Crippen LogP contribution in [0.15, 0.2) is 71.7 Å². The second-order valence-electron chi connectivity index (χ2n) is 11.6. The van der Waals surface area contributed by atoms with E-state index >= 15 is 4.39 Å². The van der Waals surface area contributed by atoms with Crippen molar-refractivity contribution in [2.75, 3.05) is 29.9 Å². The molecule has 3 aromatic rings. The number of amides is 4. The number of phenols is 1. The minimum Gasteiger partial charge on any atom is -0.508 e. The van der Waals surface area contributed by atoms with E-state index in [0.29, 0.717) is 47.4 Å². The van der Waals surface area contributed by atoms with Crippen LogP contribution in [0.1, 0.15) is 42.4 Å². The van der Waals surface area contributed by atoms with Gasteiger partial charge in [-0.15, -0.1) is 0 Å². The predicted molar refractivity (Wildman–Crippen MR) is 162 cm³/mol. The lowest BCUT2D eigenvalue weighted by Gasteiger charge is -2.30. The Hall–Kier alpha value is -4.73. The number of nitrogens with one attached hydrogen (secondary N) is 2. The number of aliphatic imine (C=N–C) groups is 1. The molecule has 1 aliphatic carbocycles. The smallest absolute Gasteiger partial charge is 0.321 e. The highest BCUT2D eigenvalue weighted by Gasteiger charge is 2.38. The minimum atomic E-state index is -1.47. The highest BCUT2D eigenvalue weighted by molar-refractivity contribution is 6.21. The van der Waals surface area contributed by atoms with E-state index in [1.165, 1.54) is 23.1 Å². The summed E-state index contributed by atoms with van der Waals surface area (Å²) in [7, 11) is 0. The van der Waals surface area contributed by atoms with Crippen molar-refractivity contribution in [2.45, 2.75) is 38.8 Å². The highest BCUT2D eigenvalue weighted by atomic mass is 19.1. The number of aryl methyl sites for hydroxylation is 1. The quantitative estimate of drug-likeness (QED) is 0.400. The summed E-state index contributed by atoms with van der Waals surface area (Å²) in [4.78, 5) is 49.1. The Kier molecular flexibility index (Phi) is 7.84. The maximum atomic E-state index is 15.2. The van der Waals surface area contributed by atoms with Gasteiger partial charge in [-0.25, -0.2) is 14.2 Å². The summed E-state index contributed by atoms with van der Waals surface area (Å²) in [6.07, 6.45) is 2.98. The summed E-state index contributed by atoms with van der Waals surface area (Å²) in [6, 6.07) is 16.7. The van der Waals surface area contributed by atoms with E-state index in [4.69, 9.17) is 0 Å². The number of anilines is 2. The molecule has 4 aliphatic rings. The van der Waals surface area contributed by atoms with Gasteiger partial charge >= 0.3 is 6.03 Å². The Labute approximate surface area is 249 Å². The molecule has 1 atom stereocenters. The van der Waals surface area contributed by atoms with E-state index in [2.05, 4.69) is 15.6 Å². The van der Waals surface area contributed by atoms with Crippen molar-refractivity contribution in [3.05, 3.63) is 89.2 Å². The Balaban J connectivity index is 1.38. The molecular weight excluding hydrogens is 549 g/mol. The first-order valence-electron chi connectivity index (χ1n) is 14.6. The van der Waals surface area contributed by atoms with Gasteiger partial charge in [0.25, 0.3) is 5.91 Å². The molecule has 3 fully saturated rings. The Bertz CT molecular complexity index is 1590. The lowest BCUT2D eigenvalue weighted by atomic mass is 9.84. The van der Waals surface area contributed by atoms with Crippen LogP contribution >= 0.6 is 0 Å². The standard InChI is InChI=1S/C33H34FN5O4/c1-20-6-4-10-26-29(25-9-2-3-11-27(25)34)36-31(37-33(43)35-23-7-5-8-24(40)16-23)32(42)39(30(20)26)19-28(41)38-17-21-12-13-22(18-38)15-14-21/h2-11,16,21-22,31,40H,12-15,17-19H2,1H3,(H2,35,37,43)/t21?,22?,31-/m0/s1. The van der Waals surface area contributed by atoms with Gasteiger partial charge in [-0.05, 0) is 74.3 Å². The van der Waals surface area contributed by atoms with Crippen LogP contribution in [0.3, 0.4) is 0 Å². The van der Waals surface area contributed by atoms with Gasteiger partial charge in [-0.2, -0.15) is 0 Å². The Morgan fingerprint density at radius 3 is 2.33 bits per heavy atom. The van der Waals surface area contributed by atoms with Gasteiger partial charge < -0.3 is 20.6 Å². The number of fused-ring (bicyclic) bond motifs is 5. The molecule has 0 radical (unpaired) electrons. The van der Waals surface area contributed by atoms with Gasteiger partial charge in [0.1, 0.15) is 18.1 Å². The number of carbonyl (C=O) groups is 3. The van der Waals surface area contributed by atoms with E-state index in [1.807, 2.05) is 17.9 Å². The summed E-state index contributed by atoms with van der Waals surface area (Å²) >= 11 is 0. The molecule has 0 spiro atoms. The number of hydrogen-bond acceptors (Lipinski definition) is 5. The fraction of sp³-hybridized carbons (Fsp3) is 0.333. The number of aromatic hydroxyl groups is 1. The van der Waals surface area contributed by atoms with Crippen molar-refractivity contribution >= 4 is 34.9 Å². The number of urea groups is 1. The van der Waals surface area contributed by atoms with Crippen molar-refractivity contribution in [3.8, 4) is 5.75 Å². The molecule has 7 rings (SSSR count). The van der Waals surface area contributed by atoms with E-state index in [-0.39, 0.29) is 29.5 Å². The van der Waals surface area contributed by atoms with Crippen molar-refractivity contribution in [3.63, 3.8) is 0 Å². The first-order chi connectivity index (χ1) is 20.8. The molecule has 9 nitrogen and oxygen atoms in total. The van der Waals surface area contributed by atoms with Crippen LogP contribution in [0.25, 0.3) is 0 Å². The lowest BCUT2D eigenvalue weighted by molar-refractivity contribution is -0.132. The Morgan fingerprint density at radius 2 is 1.63 bits per heavy atom. The monoisotopic (exact) mass is 583 g/mol. The molecule has 3 N–H and O–H groups in total. The molecule has 222 valence electrons. The molecule has 3 aromatic carbocycles. The highest BCUT2D eigenvalue weighted by Crippen LogP contribution is 2.35. The molecule has 3 heterocycles. The number of nitrogens with zero attached hydrogens (tertiary/aromatic N) is 3. The molecule has 4 amide bonds. The molecule has 2 bridgehead atoms. The first-order valence-corrected chi connectivity index (χ1v) is 14.6. The van der Waals surface area contributed by atoms with Crippen LogP contribution in [0, 0.1) is 24.6 Å². The topological polar surface area (TPSA) is 114 Å². The third-order valence-corrected chi connectivity index (χ3v) is 8.59. The number of rotatable bonds is 5. The van der Waals surface area contributed by atoms with Gasteiger partial charge in [-0.1, -0.05) is 36.4 Å². The molecule has 3 aliphatic heterocycles. The SMILES string of the molecule is Cc1cccc2c1N(CC(=O)N1CC3CCC(CC3)C1)C(=O)[C@H](NC(=O)Nc1cccc(O)c1)N=C2c1ccccc1F. The average Bonchev–Trinajstić information content (AvgIpc) is 3.37. The third kappa shape index (κ3) is 5.95. The Morgan fingerprint density at radius 1 is 0.953 bits per heavy atom. The summed E-state index contributed by atoms with van der Waals surface area (Å²) in [5.41, 5.74) is 2.32. The third-order valence-electron chi connectivity index (χ3n) is 8.59. The van der Waals surface area contributed by atoms with Crippen LogP contribution in [0.5, 0.6) is 5.75 Å². The zero-order valence-electron chi connectivity index (χ0n) is 23.9. The zero-order valence-corrected chi connectivity index (χ0v) is 23.9. The number of carbonyl (C=O) groups excluding carboxylic acids is 3. The first kappa shape index (κ1) is 28.4. The van der Waals surface area contributed by atoms with Gasteiger partial charge in [0.05, 0.1) is 11.4 Å². The van der Waals surface area contributed by atoms with Crippen LogP contribution < -0.4 is 15.5 Å². The number of halogens is 1. The van der Waals surface area contributed by atoms with Crippen LogP contribution in [0.4, 0.5) is 20.6 Å². The van der Waals surface area contributed by atoms with Crippen molar-refractivity contribution in [1.82, 2.24) is 10.2 Å². The normalized spacial score (nSPS) is 21.4. The number of benzodiazepines with no additional fused rings is 1. The molecule has 43 heavy (non-hydrogen) atoms. The van der Waals surface area contributed by atoms with E-state index < -0.39 is 23.9 Å². The maximum absolute atomic E-state index is 15.2. The second-order valence-corrected chi connectivity index (χ2v) is 11.6. The summed E-state index contributed by atoms with van der Waals surface area (Å²) in [5, 5.41) is 15.0. The summed E-state index contributed by atoms with van der Waals surface area (Å²) < 4.78 is 15.2. The second kappa shape index (κ2) is 11.9. The number of benzene rings is 3. The minimum absolute atomic E-state index is 0.0410. The van der Waals surface area contributed by atoms with Crippen LogP contribution in [0.2, 0.25) is 0 Å². The number of hydrogen-bond donors (Lipinski definition) is 3. The van der Waals surface area contributed by atoms with E-state index in [0.717, 1.165) is 25.7 Å². The van der Waals surface area contributed by atoms with Gasteiger partial charge in [0.15, 0.2) is 0 Å². The largest absolute Gasteiger partial charge is 0.508 e. The van der Waals surface area contributed by atoms with Crippen LogP contribution in [-0.2, 0) is 9.59 Å². The van der Waals surface area contributed by atoms with Crippen molar-refractivity contribution in [2.24, 2.45) is 16.8 Å². The summed E-state index contributed by atoms with van der Waals surface area (Å²) in [5.74, 6) is -0.432. The molecule has 0 aromatic heterocycles. The fourth-order valence-corrected chi connectivity index (χ4v) is 6.45. The maximum Gasteiger partial charge on any atom is 0.321 e. The van der Waals surface area contributed by atoms with Gasteiger partial charge in [0, 0.05) is 36.0 Å². The fourth-order valence-electron chi connectivity index (χ4n) is 6.45. The molecular formula is C33H34FN5O4. The van der Waals surface area contributed by atoms with Gasteiger partial charge in [-0.3, -0.25) is 14.5 Å². The zero-order chi connectivity index (χ0) is 30.1.